The molecule has 11 nitrogen and oxygen atoms in total. The van der Waals surface area contributed by atoms with Gasteiger partial charge in [0.25, 0.3) is 0 Å². The Morgan fingerprint density at radius 3 is 1.92 bits per heavy atom. The fraction of sp³-hybridized carbons (Fsp3) is 0.500. The van der Waals surface area contributed by atoms with Crippen LogP contribution >= 0.6 is 0 Å². The molecule has 3 rings (SSSR count). The first-order valence-corrected chi connectivity index (χ1v) is 11.8. The van der Waals surface area contributed by atoms with Gasteiger partial charge in [-0.3, -0.25) is 19.2 Å². The zero-order valence-corrected chi connectivity index (χ0v) is 21.3. The van der Waals surface area contributed by atoms with E-state index in [2.05, 4.69) is 5.10 Å². The molecular formula is C26H32N2O9. The largest absolute Gasteiger partial charge is 0.382 e. The van der Waals surface area contributed by atoms with Crippen LogP contribution in [0, 0.1) is 0 Å². The van der Waals surface area contributed by atoms with E-state index in [-0.39, 0.29) is 0 Å². The number of aliphatic hydroxyl groups is 4. The van der Waals surface area contributed by atoms with Crippen LogP contribution in [0.2, 0.25) is 0 Å². The van der Waals surface area contributed by atoms with E-state index >= 15 is 0 Å². The fourth-order valence-corrected chi connectivity index (χ4v) is 4.93. The minimum Gasteiger partial charge on any atom is -0.382 e. The molecule has 1 aliphatic heterocycles. The van der Waals surface area contributed by atoms with Gasteiger partial charge >= 0.3 is 0 Å². The number of benzene rings is 1. The van der Waals surface area contributed by atoms with E-state index in [1.165, 1.54) is 12.4 Å². The van der Waals surface area contributed by atoms with E-state index in [4.69, 9.17) is 4.74 Å². The molecule has 11 heteroatoms. The highest BCUT2D eigenvalue weighted by atomic mass is 16.6. The Kier molecular flexibility index (Phi) is 7.69. The van der Waals surface area contributed by atoms with Crippen LogP contribution in [0.15, 0.2) is 36.7 Å². The minimum absolute atomic E-state index is 0.392. The summed E-state index contributed by atoms with van der Waals surface area (Å²) in [6, 6.07) is 7.81. The molecule has 1 unspecified atom stereocenters. The summed E-state index contributed by atoms with van der Waals surface area (Å²) < 4.78 is 6.61. The van der Waals surface area contributed by atoms with Crippen LogP contribution in [-0.4, -0.2) is 82.4 Å². The molecule has 0 radical (unpaired) electrons. The number of carbonyl (C=O) groups excluding carboxylic acids is 4. The lowest BCUT2D eigenvalue weighted by Crippen LogP contribution is -2.85. The van der Waals surface area contributed by atoms with Crippen LogP contribution in [0.4, 0.5) is 0 Å². The Balaban J connectivity index is 2.17. The molecule has 1 aliphatic rings. The standard InChI is InChI=1S/C26H32N2O9/c1-6-18-7-9-19(10-8-18)11-20-12-27-28(13-20)23-25(35,16(4)31)26(36,17(5)32)24(34,15(3)30)22(37-23)21(33)14(2)29/h7-10,12-13,21-23,33-36H,6,11H2,1-5H3/t21?,22-,23-,24-,25+,26+/m1/s1. The molecular weight excluding hydrogens is 484 g/mol. The van der Waals surface area contributed by atoms with Gasteiger partial charge in [0.1, 0.15) is 12.2 Å². The van der Waals surface area contributed by atoms with Gasteiger partial charge in [0.05, 0.1) is 6.20 Å². The van der Waals surface area contributed by atoms with Crippen molar-refractivity contribution in [2.75, 3.05) is 0 Å². The van der Waals surface area contributed by atoms with Gasteiger partial charge in [0.15, 0.2) is 35.0 Å². The van der Waals surface area contributed by atoms with Gasteiger partial charge in [0.2, 0.25) is 11.2 Å². The first-order chi connectivity index (χ1) is 17.2. The van der Waals surface area contributed by atoms with Crippen molar-refractivity contribution in [3.8, 4) is 0 Å². The predicted molar refractivity (Wildman–Crippen MR) is 128 cm³/mol. The molecule has 0 spiro atoms. The van der Waals surface area contributed by atoms with Gasteiger partial charge in [-0.1, -0.05) is 31.2 Å². The maximum Gasteiger partial charge on any atom is 0.208 e. The first-order valence-electron chi connectivity index (χ1n) is 11.8. The van der Waals surface area contributed by atoms with Crippen molar-refractivity contribution in [2.24, 2.45) is 0 Å². The van der Waals surface area contributed by atoms with E-state index in [9.17, 15) is 39.6 Å². The second-order valence-corrected chi connectivity index (χ2v) is 9.55. The lowest BCUT2D eigenvalue weighted by molar-refractivity contribution is -0.344. The highest BCUT2D eigenvalue weighted by molar-refractivity contribution is 6.05. The summed E-state index contributed by atoms with van der Waals surface area (Å²) in [4.78, 5) is 50.4. The number of hydrogen-bond donors (Lipinski definition) is 4. The predicted octanol–water partition coefficient (Wildman–Crippen LogP) is -0.156. The highest BCUT2D eigenvalue weighted by Gasteiger charge is 2.79. The monoisotopic (exact) mass is 516 g/mol. The number of ketones is 4. The Morgan fingerprint density at radius 1 is 0.919 bits per heavy atom. The molecule has 4 N–H and O–H groups in total. The van der Waals surface area contributed by atoms with Gasteiger partial charge < -0.3 is 25.2 Å². The van der Waals surface area contributed by atoms with E-state index in [1.807, 2.05) is 31.2 Å². The van der Waals surface area contributed by atoms with E-state index in [1.54, 1.807) is 0 Å². The Morgan fingerprint density at radius 2 is 1.46 bits per heavy atom. The molecule has 1 saturated heterocycles. The van der Waals surface area contributed by atoms with Crippen LogP contribution in [0.25, 0.3) is 0 Å². The number of nitrogens with zero attached hydrogens (tertiary/aromatic N) is 2. The summed E-state index contributed by atoms with van der Waals surface area (Å²) in [7, 11) is 0. The molecule has 1 aromatic heterocycles. The number of aromatic nitrogens is 2. The molecule has 2 aromatic rings. The van der Waals surface area contributed by atoms with E-state index < -0.39 is 58.4 Å². The number of aryl methyl sites for hydroxylation is 1. The number of Topliss-reactive ketones (excluding diaryl/α,β-unsaturated/α-hetero) is 4. The van der Waals surface area contributed by atoms with Gasteiger partial charge in [-0.15, -0.1) is 0 Å². The lowest BCUT2D eigenvalue weighted by atomic mass is 9.59. The topological polar surface area (TPSA) is 176 Å². The molecule has 0 bridgehead atoms. The maximum atomic E-state index is 12.9. The normalized spacial score (nSPS) is 30.5. The second kappa shape index (κ2) is 9.99. The highest BCUT2D eigenvalue weighted by Crippen LogP contribution is 2.51. The summed E-state index contributed by atoms with van der Waals surface area (Å²) in [6.07, 6.45) is -2.37. The smallest absolute Gasteiger partial charge is 0.208 e. The van der Waals surface area contributed by atoms with Crippen molar-refractivity contribution in [3.63, 3.8) is 0 Å². The number of aliphatic hydroxyl groups excluding tert-OH is 1. The van der Waals surface area contributed by atoms with Gasteiger partial charge in [-0.2, -0.15) is 5.10 Å². The minimum atomic E-state index is -3.51. The van der Waals surface area contributed by atoms with Crippen molar-refractivity contribution in [3.05, 3.63) is 53.3 Å². The lowest BCUT2D eigenvalue weighted by Gasteiger charge is -2.58. The van der Waals surface area contributed by atoms with Crippen LogP contribution in [0.3, 0.4) is 0 Å². The number of rotatable bonds is 9. The van der Waals surface area contributed by atoms with Crippen LogP contribution in [0.5, 0.6) is 0 Å². The third-order valence-electron chi connectivity index (χ3n) is 7.17. The van der Waals surface area contributed by atoms with Crippen molar-refractivity contribution in [1.29, 1.82) is 0 Å². The maximum absolute atomic E-state index is 12.9. The van der Waals surface area contributed by atoms with Crippen molar-refractivity contribution >= 4 is 23.1 Å². The van der Waals surface area contributed by atoms with E-state index in [0.29, 0.717) is 12.0 Å². The summed E-state index contributed by atoms with van der Waals surface area (Å²) in [5.41, 5.74) is -7.43. The second-order valence-electron chi connectivity index (χ2n) is 9.55. The third-order valence-corrected chi connectivity index (χ3v) is 7.17. The van der Waals surface area contributed by atoms with Crippen LogP contribution in [-0.2, 0) is 36.8 Å². The number of hydrogen-bond acceptors (Lipinski definition) is 10. The Bertz CT molecular complexity index is 1220. The SMILES string of the molecule is CCc1ccc(Cc2cnn([C@@H]3O[C@H](C(O)C(C)=O)[C@](O)(C(C)=O)[C@@](O)(C(C)=O)[C@]3(O)C(C)=O)c2)cc1. The quantitative estimate of drug-likeness (QED) is 0.350. The van der Waals surface area contributed by atoms with Crippen LogP contribution < -0.4 is 0 Å². The third kappa shape index (κ3) is 4.26. The molecule has 0 aliphatic carbocycles. The summed E-state index contributed by atoms with van der Waals surface area (Å²) in [6.45, 7) is 5.35. The van der Waals surface area contributed by atoms with Crippen molar-refractivity contribution in [2.45, 2.75) is 82.7 Å². The Hall–Kier alpha value is -3.09. The molecule has 0 amide bonds. The fourth-order valence-electron chi connectivity index (χ4n) is 4.93. The molecule has 37 heavy (non-hydrogen) atoms. The first kappa shape index (κ1) is 28.5. The zero-order chi connectivity index (χ0) is 27.9. The molecule has 1 aromatic carbocycles. The van der Waals surface area contributed by atoms with Crippen LogP contribution in [0.1, 0.15) is 57.5 Å². The molecule has 6 atom stereocenters. The number of carbonyl (C=O) groups is 4. The summed E-state index contributed by atoms with van der Waals surface area (Å²) in [5, 5.41) is 49.4. The average molecular weight is 517 g/mol. The molecule has 200 valence electrons. The summed E-state index contributed by atoms with van der Waals surface area (Å²) >= 11 is 0. The molecule has 0 saturated carbocycles. The Labute approximate surface area is 213 Å². The van der Waals surface area contributed by atoms with Gasteiger partial charge in [0, 0.05) is 12.6 Å². The van der Waals surface area contributed by atoms with E-state index in [0.717, 1.165) is 49.9 Å². The molecule has 2 heterocycles. The van der Waals surface area contributed by atoms with Gasteiger partial charge in [-0.25, -0.2) is 4.68 Å². The average Bonchev–Trinajstić information content (AvgIpc) is 3.30. The molecule has 1 fully saturated rings. The summed E-state index contributed by atoms with van der Waals surface area (Å²) in [5.74, 6) is -4.86. The number of ether oxygens (including phenoxy) is 1. The van der Waals surface area contributed by atoms with Gasteiger partial charge in [-0.05, 0) is 50.8 Å². The van der Waals surface area contributed by atoms with Crippen molar-refractivity contribution < 1.29 is 44.3 Å². The zero-order valence-electron chi connectivity index (χ0n) is 21.3. The van der Waals surface area contributed by atoms with Crippen molar-refractivity contribution in [1.82, 2.24) is 9.78 Å².